The van der Waals surface area contributed by atoms with Gasteiger partial charge in [-0.2, -0.15) is 0 Å². The van der Waals surface area contributed by atoms with E-state index in [1.807, 2.05) is 67.6 Å². The minimum atomic E-state index is -0.146. The highest BCUT2D eigenvalue weighted by molar-refractivity contribution is 6.05. The Morgan fingerprint density at radius 2 is 1.48 bits per heavy atom. The van der Waals surface area contributed by atoms with Crippen molar-refractivity contribution < 1.29 is 9.59 Å². The molecule has 3 aromatic carbocycles. The average molecular weight is 441 g/mol. The van der Waals surface area contributed by atoms with Crippen LogP contribution in [0.15, 0.2) is 66.7 Å². The van der Waals surface area contributed by atoms with Crippen LogP contribution in [0, 0.1) is 0 Å². The van der Waals surface area contributed by atoms with Gasteiger partial charge in [0, 0.05) is 29.8 Å². The van der Waals surface area contributed by atoms with Crippen LogP contribution >= 0.6 is 0 Å². The number of anilines is 2. The lowest BCUT2D eigenvalue weighted by Gasteiger charge is -2.06. The number of amides is 2. The van der Waals surface area contributed by atoms with Gasteiger partial charge in [-0.05, 0) is 66.4 Å². The molecule has 6 heteroatoms. The zero-order valence-electron chi connectivity index (χ0n) is 18.9. The van der Waals surface area contributed by atoms with Crippen molar-refractivity contribution in [2.45, 2.75) is 39.5 Å². The molecule has 0 saturated heterocycles. The topological polar surface area (TPSA) is 86.9 Å². The Morgan fingerprint density at radius 3 is 2.15 bits per heavy atom. The first-order chi connectivity index (χ1) is 16.0. The summed E-state index contributed by atoms with van der Waals surface area (Å²) >= 11 is 0. The first-order valence-electron chi connectivity index (χ1n) is 11.3. The molecule has 6 nitrogen and oxygen atoms in total. The predicted molar refractivity (Wildman–Crippen MR) is 133 cm³/mol. The second kappa shape index (κ2) is 10.1. The second-order valence-electron chi connectivity index (χ2n) is 8.02. The molecule has 4 rings (SSSR count). The van der Waals surface area contributed by atoms with Gasteiger partial charge in [-0.3, -0.25) is 9.59 Å². The van der Waals surface area contributed by atoms with Gasteiger partial charge >= 0.3 is 0 Å². The van der Waals surface area contributed by atoms with Crippen LogP contribution in [0.25, 0.3) is 11.0 Å². The number of hydrogen-bond donors (Lipinski definition) is 3. The molecule has 0 aliphatic rings. The zero-order valence-corrected chi connectivity index (χ0v) is 18.9. The Balaban J connectivity index is 1.39. The Labute approximate surface area is 193 Å². The summed E-state index contributed by atoms with van der Waals surface area (Å²) in [5.74, 6) is 0.737. The SMILES string of the molecule is CCC(=O)Nc1ccc(CCc2nc3ccc(C(=O)Nc4ccc(CC)cc4)cc3[nH]2)cc1. The third-order valence-corrected chi connectivity index (χ3v) is 5.62. The van der Waals surface area contributed by atoms with Crippen molar-refractivity contribution in [3.63, 3.8) is 0 Å². The van der Waals surface area contributed by atoms with Crippen molar-refractivity contribution >= 4 is 34.2 Å². The number of carbonyl (C=O) groups is 2. The first-order valence-corrected chi connectivity index (χ1v) is 11.3. The maximum absolute atomic E-state index is 12.7. The Morgan fingerprint density at radius 1 is 0.818 bits per heavy atom. The molecule has 168 valence electrons. The number of benzene rings is 3. The summed E-state index contributed by atoms with van der Waals surface area (Å²) in [6.07, 6.45) is 3.00. The van der Waals surface area contributed by atoms with Crippen LogP contribution < -0.4 is 10.6 Å². The standard InChI is InChI=1S/C27H28N4O2/c1-3-18-5-11-22(12-6-18)29-27(33)20-10-15-23-24(17-20)31-25(30-23)16-9-19-7-13-21(14-8-19)28-26(32)4-2/h5-8,10-15,17H,3-4,9,16H2,1-2H3,(H,28,32)(H,29,33)(H,30,31). The lowest BCUT2D eigenvalue weighted by atomic mass is 10.1. The number of nitrogens with zero attached hydrogens (tertiary/aromatic N) is 1. The van der Waals surface area contributed by atoms with Crippen molar-refractivity contribution in [1.82, 2.24) is 9.97 Å². The number of imidazole rings is 1. The summed E-state index contributed by atoms with van der Waals surface area (Å²) in [6.45, 7) is 3.93. The van der Waals surface area contributed by atoms with Crippen LogP contribution in [0.5, 0.6) is 0 Å². The number of hydrogen-bond acceptors (Lipinski definition) is 3. The van der Waals surface area contributed by atoms with Crippen molar-refractivity contribution in [2.75, 3.05) is 10.6 Å². The van der Waals surface area contributed by atoms with Crippen molar-refractivity contribution in [1.29, 1.82) is 0 Å². The molecule has 0 saturated carbocycles. The Hall–Kier alpha value is -3.93. The minimum Gasteiger partial charge on any atom is -0.342 e. The molecule has 3 N–H and O–H groups in total. The number of H-pyrrole nitrogens is 1. The largest absolute Gasteiger partial charge is 0.342 e. The van der Waals surface area contributed by atoms with Gasteiger partial charge in [0.05, 0.1) is 11.0 Å². The fourth-order valence-corrected chi connectivity index (χ4v) is 3.62. The minimum absolute atomic E-state index is 0.00692. The van der Waals surface area contributed by atoms with Crippen molar-refractivity contribution in [3.05, 3.63) is 89.2 Å². The average Bonchev–Trinajstić information content (AvgIpc) is 3.26. The Bertz CT molecular complexity index is 1260. The molecule has 1 aromatic heterocycles. The monoisotopic (exact) mass is 440 g/mol. The lowest BCUT2D eigenvalue weighted by Crippen LogP contribution is -2.11. The van der Waals surface area contributed by atoms with Gasteiger partial charge in [0.2, 0.25) is 5.91 Å². The highest BCUT2D eigenvalue weighted by Gasteiger charge is 2.10. The Kier molecular flexibility index (Phi) is 6.83. The second-order valence-corrected chi connectivity index (χ2v) is 8.02. The molecule has 4 aromatic rings. The molecule has 0 spiro atoms. The van der Waals surface area contributed by atoms with E-state index >= 15 is 0 Å². The molecule has 0 aliphatic heterocycles. The normalized spacial score (nSPS) is 10.8. The van der Waals surface area contributed by atoms with Crippen LogP contribution in [-0.4, -0.2) is 21.8 Å². The van der Waals surface area contributed by atoms with Gasteiger partial charge in [-0.15, -0.1) is 0 Å². The van der Waals surface area contributed by atoms with E-state index in [1.54, 1.807) is 6.07 Å². The van der Waals surface area contributed by atoms with Crippen LogP contribution in [0.3, 0.4) is 0 Å². The van der Waals surface area contributed by atoms with Crippen molar-refractivity contribution in [2.24, 2.45) is 0 Å². The summed E-state index contributed by atoms with van der Waals surface area (Å²) in [6, 6.07) is 21.3. The summed E-state index contributed by atoms with van der Waals surface area (Å²) < 4.78 is 0. The van der Waals surface area contributed by atoms with E-state index in [0.29, 0.717) is 12.0 Å². The first kappa shape index (κ1) is 22.3. The molecule has 0 unspecified atom stereocenters. The molecule has 33 heavy (non-hydrogen) atoms. The highest BCUT2D eigenvalue weighted by atomic mass is 16.2. The summed E-state index contributed by atoms with van der Waals surface area (Å²) in [4.78, 5) is 32.2. The molecule has 0 radical (unpaired) electrons. The maximum Gasteiger partial charge on any atom is 0.255 e. The smallest absolute Gasteiger partial charge is 0.255 e. The molecule has 1 heterocycles. The molecule has 0 aliphatic carbocycles. The van der Waals surface area contributed by atoms with E-state index < -0.39 is 0 Å². The number of aromatic amines is 1. The van der Waals surface area contributed by atoms with Crippen molar-refractivity contribution in [3.8, 4) is 0 Å². The lowest BCUT2D eigenvalue weighted by molar-refractivity contribution is -0.115. The zero-order chi connectivity index (χ0) is 23.2. The van der Waals surface area contributed by atoms with Crippen LogP contribution in [0.1, 0.15) is 47.6 Å². The maximum atomic E-state index is 12.7. The van der Waals surface area contributed by atoms with Crippen LogP contribution in [-0.2, 0) is 24.1 Å². The van der Waals surface area contributed by atoms with Gasteiger partial charge in [-0.25, -0.2) is 4.98 Å². The van der Waals surface area contributed by atoms with E-state index in [2.05, 4.69) is 27.5 Å². The van der Waals surface area contributed by atoms with Gasteiger partial charge in [0.15, 0.2) is 0 Å². The third kappa shape index (κ3) is 5.66. The van der Waals surface area contributed by atoms with E-state index in [0.717, 1.165) is 47.5 Å². The molecule has 2 amide bonds. The molecular weight excluding hydrogens is 412 g/mol. The highest BCUT2D eigenvalue weighted by Crippen LogP contribution is 2.18. The quantitative estimate of drug-likeness (QED) is 0.338. The fourth-order valence-electron chi connectivity index (χ4n) is 3.62. The number of carbonyl (C=O) groups excluding carboxylic acids is 2. The summed E-state index contributed by atoms with van der Waals surface area (Å²) in [7, 11) is 0. The third-order valence-electron chi connectivity index (χ3n) is 5.62. The fraction of sp³-hybridized carbons (Fsp3) is 0.222. The number of aryl methyl sites for hydroxylation is 3. The van der Waals surface area contributed by atoms with E-state index in [-0.39, 0.29) is 11.8 Å². The van der Waals surface area contributed by atoms with Crippen LogP contribution in [0.2, 0.25) is 0 Å². The molecule has 0 atom stereocenters. The molecule has 0 fully saturated rings. The van der Waals surface area contributed by atoms with Crippen LogP contribution in [0.4, 0.5) is 11.4 Å². The molecular formula is C27H28N4O2. The number of nitrogens with one attached hydrogen (secondary N) is 3. The number of aromatic nitrogens is 2. The molecule has 0 bridgehead atoms. The summed E-state index contributed by atoms with van der Waals surface area (Å²) in [5.41, 5.74) is 6.26. The number of rotatable bonds is 8. The van der Waals surface area contributed by atoms with Gasteiger partial charge in [-0.1, -0.05) is 38.1 Å². The van der Waals surface area contributed by atoms with E-state index in [4.69, 9.17) is 0 Å². The predicted octanol–water partition coefficient (Wildman–Crippen LogP) is 5.51. The van der Waals surface area contributed by atoms with E-state index in [1.165, 1.54) is 11.1 Å². The van der Waals surface area contributed by atoms with E-state index in [9.17, 15) is 9.59 Å². The van der Waals surface area contributed by atoms with Gasteiger partial charge in [0.1, 0.15) is 5.82 Å². The number of fused-ring (bicyclic) bond motifs is 1. The van der Waals surface area contributed by atoms with Gasteiger partial charge in [0.25, 0.3) is 5.91 Å². The summed E-state index contributed by atoms with van der Waals surface area (Å²) in [5, 5.41) is 5.80. The van der Waals surface area contributed by atoms with Gasteiger partial charge < -0.3 is 15.6 Å².